The fourth-order valence-electron chi connectivity index (χ4n) is 3.40. The summed E-state index contributed by atoms with van der Waals surface area (Å²) in [5.41, 5.74) is 1.84. The summed E-state index contributed by atoms with van der Waals surface area (Å²) in [5, 5.41) is 22.8. The van der Waals surface area contributed by atoms with Crippen LogP contribution in [0, 0.1) is 23.7 Å². The minimum Gasteiger partial charge on any atom is -0.481 e. The number of nitriles is 1. The van der Waals surface area contributed by atoms with Crippen LogP contribution in [0.3, 0.4) is 0 Å². The van der Waals surface area contributed by atoms with E-state index in [0.29, 0.717) is 11.3 Å². The molecule has 5 heteroatoms. The molecule has 1 aromatic rings. The Morgan fingerprint density at radius 2 is 2.09 bits per heavy atom. The second-order valence-corrected chi connectivity index (χ2v) is 6.18. The van der Waals surface area contributed by atoms with Crippen molar-refractivity contribution in [2.45, 2.75) is 32.7 Å². The summed E-state index contributed by atoms with van der Waals surface area (Å²) in [5.74, 6) is -1.46. The van der Waals surface area contributed by atoms with Crippen molar-refractivity contribution in [2.24, 2.45) is 5.41 Å². The first kappa shape index (κ1) is 17.0. The van der Waals surface area contributed by atoms with Crippen LogP contribution < -0.4 is 5.32 Å². The highest BCUT2D eigenvalue weighted by Crippen LogP contribution is 2.48. The fourth-order valence-corrected chi connectivity index (χ4v) is 3.40. The smallest absolute Gasteiger partial charge is 0.312 e. The molecule has 0 saturated carbocycles. The molecule has 0 saturated heterocycles. The quantitative estimate of drug-likeness (QED) is 0.892. The Labute approximate surface area is 136 Å². The summed E-state index contributed by atoms with van der Waals surface area (Å²) >= 11 is 0. The number of nitrogens with one attached hydrogen (secondary N) is 1. The van der Waals surface area contributed by atoms with Gasteiger partial charge in [-0.2, -0.15) is 5.26 Å². The van der Waals surface area contributed by atoms with Crippen LogP contribution in [0.2, 0.25) is 0 Å². The van der Waals surface area contributed by atoms with E-state index in [1.54, 1.807) is 14.0 Å². The molecule has 23 heavy (non-hydrogen) atoms. The zero-order valence-corrected chi connectivity index (χ0v) is 13.9. The topological polar surface area (TPSA) is 82.3 Å². The number of aliphatic carboxylic acids is 1. The third-order valence-corrected chi connectivity index (χ3v) is 4.82. The van der Waals surface area contributed by atoms with Gasteiger partial charge < -0.3 is 15.2 Å². The van der Waals surface area contributed by atoms with Crippen LogP contribution in [0.1, 0.15) is 30.9 Å². The van der Waals surface area contributed by atoms with Gasteiger partial charge in [0.1, 0.15) is 0 Å². The highest BCUT2D eigenvalue weighted by Gasteiger charge is 2.53. The zero-order chi connectivity index (χ0) is 17.2. The van der Waals surface area contributed by atoms with Crippen molar-refractivity contribution in [1.82, 2.24) is 5.32 Å². The molecule has 0 radical (unpaired) electrons. The molecule has 1 aliphatic heterocycles. The average molecular weight is 314 g/mol. The molecule has 122 valence electrons. The third-order valence-electron chi connectivity index (χ3n) is 4.82. The minimum atomic E-state index is -1.19. The molecule has 0 bridgehead atoms. The maximum Gasteiger partial charge on any atom is 0.312 e. The third kappa shape index (κ3) is 2.71. The van der Waals surface area contributed by atoms with Crippen LogP contribution in [0.4, 0.5) is 0 Å². The van der Waals surface area contributed by atoms with Gasteiger partial charge in [-0.15, -0.1) is 0 Å². The van der Waals surface area contributed by atoms with Crippen molar-refractivity contribution in [3.8, 4) is 6.07 Å². The van der Waals surface area contributed by atoms with Gasteiger partial charge in [0, 0.05) is 18.7 Å². The first-order valence-corrected chi connectivity index (χ1v) is 7.53. The second kappa shape index (κ2) is 6.43. The van der Waals surface area contributed by atoms with E-state index in [1.165, 1.54) is 0 Å². The number of nitrogens with zero attached hydrogens (tertiary/aromatic N) is 1. The van der Waals surface area contributed by atoms with E-state index in [9.17, 15) is 15.2 Å². The summed E-state index contributed by atoms with van der Waals surface area (Å²) in [7, 11) is 1.55. The summed E-state index contributed by atoms with van der Waals surface area (Å²) in [6.45, 7) is 5.69. The Morgan fingerprint density at radius 3 is 2.61 bits per heavy atom. The lowest BCUT2D eigenvalue weighted by molar-refractivity contribution is -0.152. The van der Waals surface area contributed by atoms with Gasteiger partial charge in [0.15, 0.2) is 0 Å². The van der Waals surface area contributed by atoms with Gasteiger partial charge in [-0.1, -0.05) is 24.3 Å². The highest BCUT2D eigenvalue weighted by atomic mass is 16.5. The van der Waals surface area contributed by atoms with E-state index in [1.807, 2.05) is 38.1 Å². The molecule has 0 spiro atoms. The van der Waals surface area contributed by atoms with E-state index in [4.69, 9.17) is 4.74 Å². The summed E-state index contributed by atoms with van der Waals surface area (Å²) in [6.07, 6.45) is 0. The molecule has 5 nitrogen and oxygen atoms in total. The van der Waals surface area contributed by atoms with Gasteiger partial charge in [0.2, 0.25) is 0 Å². The Morgan fingerprint density at radius 1 is 1.43 bits per heavy atom. The van der Waals surface area contributed by atoms with Crippen molar-refractivity contribution in [3.05, 3.63) is 46.7 Å². The Balaban J connectivity index is 2.74. The molecule has 0 aliphatic carbocycles. The summed E-state index contributed by atoms with van der Waals surface area (Å²) in [4.78, 5) is 12.2. The molecular weight excluding hydrogens is 292 g/mol. The molecule has 0 fully saturated rings. The number of carboxylic acid groups (broad SMARTS) is 1. The maximum atomic E-state index is 12.2. The standard InChI is InChI=1S/C18H22N2O3/c1-11-7-5-6-8-13(11)16-14(9-19)12(2)20-15(10-23-4)18(16,3)17(21)22/h5-8,15-16,20H,10H2,1-4H3,(H,21,22). The van der Waals surface area contributed by atoms with Gasteiger partial charge in [-0.05, 0) is 31.9 Å². The maximum absolute atomic E-state index is 12.2. The summed E-state index contributed by atoms with van der Waals surface area (Å²) < 4.78 is 5.23. The molecule has 2 rings (SSSR count). The highest BCUT2D eigenvalue weighted by molar-refractivity contribution is 5.79. The number of rotatable bonds is 4. The lowest BCUT2D eigenvalue weighted by Gasteiger charge is -2.45. The van der Waals surface area contributed by atoms with Gasteiger partial charge in [0.25, 0.3) is 0 Å². The van der Waals surface area contributed by atoms with Crippen LogP contribution >= 0.6 is 0 Å². The van der Waals surface area contributed by atoms with Crippen LogP contribution in [0.15, 0.2) is 35.5 Å². The van der Waals surface area contributed by atoms with Crippen molar-refractivity contribution in [3.63, 3.8) is 0 Å². The molecule has 0 amide bonds. The van der Waals surface area contributed by atoms with Crippen LogP contribution in [0.5, 0.6) is 0 Å². The molecule has 1 heterocycles. The SMILES string of the molecule is COCC1NC(C)=C(C#N)C(c2ccccc2C)C1(C)C(=O)O. The number of allylic oxidation sites excluding steroid dienone is 2. The van der Waals surface area contributed by atoms with Crippen molar-refractivity contribution < 1.29 is 14.6 Å². The molecule has 2 N–H and O–H groups in total. The van der Waals surface area contributed by atoms with Gasteiger partial charge in [-0.25, -0.2) is 0 Å². The largest absolute Gasteiger partial charge is 0.481 e. The number of aryl methyl sites for hydroxylation is 1. The van der Waals surface area contributed by atoms with Gasteiger partial charge in [-0.3, -0.25) is 4.79 Å². The molecular formula is C18H22N2O3. The van der Waals surface area contributed by atoms with E-state index >= 15 is 0 Å². The normalized spacial score (nSPS) is 27.3. The number of benzene rings is 1. The minimum absolute atomic E-state index is 0.251. The molecule has 1 aromatic carbocycles. The van der Waals surface area contributed by atoms with E-state index in [-0.39, 0.29) is 6.61 Å². The monoisotopic (exact) mass is 314 g/mol. The van der Waals surface area contributed by atoms with E-state index < -0.39 is 23.3 Å². The number of carbonyl (C=O) groups is 1. The Bertz CT molecular complexity index is 690. The number of ether oxygens (including phenoxy) is 1. The van der Waals surface area contributed by atoms with E-state index in [0.717, 1.165) is 11.1 Å². The molecule has 3 atom stereocenters. The average Bonchev–Trinajstić information content (AvgIpc) is 2.51. The Hall–Kier alpha value is -2.32. The van der Waals surface area contributed by atoms with Gasteiger partial charge >= 0.3 is 5.97 Å². The number of methoxy groups -OCH3 is 1. The zero-order valence-electron chi connectivity index (χ0n) is 13.9. The lowest BCUT2D eigenvalue weighted by atomic mass is 9.62. The van der Waals surface area contributed by atoms with Crippen LogP contribution in [0.25, 0.3) is 0 Å². The van der Waals surface area contributed by atoms with E-state index in [2.05, 4.69) is 11.4 Å². The van der Waals surface area contributed by atoms with Crippen LogP contribution in [-0.2, 0) is 9.53 Å². The van der Waals surface area contributed by atoms with Crippen molar-refractivity contribution in [2.75, 3.05) is 13.7 Å². The Kier molecular flexibility index (Phi) is 4.76. The first-order chi connectivity index (χ1) is 10.9. The molecule has 1 aliphatic rings. The van der Waals surface area contributed by atoms with Crippen molar-refractivity contribution >= 4 is 5.97 Å². The number of hydrogen-bond donors (Lipinski definition) is 2. The molecule has 0 aromatic heterocycles. The predicted molar refractivity (Wildman–Crippen MR) is 86.8 cm³/mol. The number of hydrogen-bond acceptors (Lipinski definition) is 4. The van der Waals surface area contributed by atoms with Crippen LogP contribution in [-0.4, -0.2) is 30.8 Å². The fraction of sp³-hybridized carbons (Fsp3) is 0.444. The lowest BCUT2D eigenvalue weighted by Crippen LogP contribution is -2.57. The summed E-state index contributed by atoms with van der Waals surface area (Å²) in [6, 6.07) is 9.42. The predicted octanol–water partition coefficient (Wildman–Crippen LogP) is 2.59. The molecule has 3 unspecified atom stereocenters. The number of carboxylic acids is 1. The first-order valence-electron chi connectivity index (χ1n) is 7.53. The second-order valence-electron chi connectivity index (χ2n) is 6.18. The van der Waals surface area contributed by atoms with Crippen molar-refractivity contribution in [1.29, 1.82) is 5.26 Å². The van der Waals surface area contributed by atoms with Gasteiger partial charge in [0.05, 0.1) is 29.7 Å².